The SMILES string of the molecule is COC(=O)CN(C)C1CCN(C)C1=O. The fourth-order valence-corrected chi connectivity index (χ4v) is 1.59. The molecule has 1 fully saturated rings. The van der Waals surface area contributed by atoms with Crippen LogP contribution >= 0.6 is 0 Å². The van der Waals surface area contributed by atoms with Crippen LogP contribution in [0.5, 0.6) is 0 Å². The summed E-state index contributed by atoms with van der Waals surface area (Å²) in [7, 11) is 4.88. The van der Waals surface area contributed by atoms with E-state index in [-0.39, 0.29) is 24.5 Å². The van der Waals surface area contributed by atoms with E-state index in [1.165, 1.54) is 7.11 Å². The predicted molar refractivity (Wildman–Crippen MR) is 50.7 cm³/mol. The predicted octanol–water partition coefficient (Wildman–Crippen LogP) is -0.678. The van der Waals surface area contributed by atoms with Gasteiger partial charge in [-0.15, -0.1) is 0 Å². The highest BCUT2D eigenvalue weighted by atomic mass is 16.5. The minimum absolute atomic E-state index is 0.0800. The van der Waals surface area contributed by atoms with E-state index in [1.54, 1.807) is 23.9 Å². The van der Waals surface area contributed by atoms with Crippen molar-refractivity contribution in [2.24, 2.45) is 0 Å². The smallest absolute Gasteiger partial charge is 0.319 e. The highest BCUT2D eigenvalue weighted by molar-refractivity contribution is 5.84. The third kappa shape index (κ3) is 2.23. The molecule has 0 aromatic heterocycles. The van der Waals surface area contributed by atoms with Crippen LogP contribution in [0.4, 0.5) is 0 Å². The third-order valence-corrected chi connectivity index (χ3v) is 2.54. The van der Waals surface area contributed by atoms with Gasteiger partial charge in [-0.2, -0.15) is 0 Å². The Hall–Kier alpha value is -1.10. The molecule has 0 spiro atoms. The summed E-state index contributed by atoms with van der Waals surface area (Å²) in [6.45, 7) is 0.926. The van der Waals surface area contributed by atoms with Crippen molar-refractivity contribution in [1.29, 1.82) is 0 Å². The number of amides is 1. The first-order chi connectivity index (χ1) is 6.56. The number of hydrogen-bond acceptors (Lipinski definition) is 4. The Morgan fingerprint density at radius 3 is 2.79 bits per heavy atom. The van der Waals surface area contributed by atoms with E-state index in [1.807, 2.05) is 0 Å². The minimum Gasteiger partial charge on any atom is -0.468 e. The molecular formula is C9H16N2O3. The molecule has 5 nitrogen and oxygen atoms in total. The summed E-state index contributed by atoms with van der Waals surface area (Å²) < 4.78 is 4.54. The van der Waals surface area contributed by atoms with Gasteiger partial charge in [0.15, 0.2) is 0 Å². The van der Waals surface area contributed by atoms with Gasteiger partial charge in [0.25, 0.3) is 0 Å². The van der Waals surface area contributed by atoms with Crippen LogP contribution < -0.4 is 0 Å². The molecular weight excluding hydrogens is 184 g/mol. The Morgan fingerprint density at radius 2 is 2.36 bits per heavy atom. The van der Waals surface area contributed by atoms with Gasteiger partial charge in [0.2, 0.25) is 5.91 Å². The highest BCUT2D eigenvalue weighted by Crippen LogP contribution is 2.13. The van der Waals surface area contributed by atoms with E-state index >= 15 is 0 Å². The average Bonchev–Trinajstić information content (AvgIpc) is 2.47. The zero-order valence-electron chi connectivity index (χ0n) is 8.82. The molecule has 1 unspecified atom stereocenters. The van der Waals surface area contributed by atoms with Crippen molar-refractivity contribution in [3.05, 3.63) is 0 Å². The minimum atomic E-state index is -0.310. The maximum atomic E-state index is 11.5. The van der Waals surface area contributed by atoms with E-state index in [0.717, 1.165) is 13.0 Å². The fraction of sp³-hybridized carbons (Fsp3) is 0.778. The van der Waals surface area contributed by atoms with Crippen molar-refractivity contribution < 1.29 is 14.3 Å². The van der Waals surface area contributed by atoms with Crippen molar-refractivity contribution in [1.82, 2.24) is 9.80 Å². The summed E-state index contributed by atoms with van der Waals surface area (Å²) >= 11 is 0. The summed E-state index contributed by atoms with van der Waals surface area (Å²) in [5.41, 5.74) is 0. The Morgan fingerprint density at radius 1 is 1.71 bits per heavy atom. The Balaban J connectivity index is 2.49. The second-order valence-electron chi connectivity index (χ2n) is 3.56. The van der Waals surface area contributed by atoms with Gasteiger partial charge in [-0.25, -0.2) is 0 Å². The zero-order chi connectivity index (χ0) is 10.7. The number of carbonyl (C=O) groups excluding carboxylic acids is 2. The van der Waals surface area contributed by atoms with Gasteiger partial charge in [0.05, 0.1) is 19.7 Å². The molecule has 1 saturated heterocycles. The second kappa shape index (κ2) is 4.41. The van der Waals surface area contributed by atoms with Gasteiger partial charge in [-0.05, 0) is 13.5 Å². The van der Waals surface area contributed by atoms with Crippen LogP contribution in [-0.2, 0) is 14.3 Å². The van der Waals surface area contributed by atoms with E-state index in [4.69, 9.17) is 0 Å². The molecule has 0 aromatic carbocycles. The van der Waals surface area contributed by atoms with Gasteiger partial charge in [-0.1, -0.05) is 0 Å². The van der Waals surface area contributed by atoms with Gasteiger partial charge in [0, 0.05) is 13.6 Å². The maximum absolute atomic E-state index is 11.5. The molecule has 0 N–H and O–H groups in total. The van der Waals surface area contributed by atoms with Crippen LogP contribution in [0.3, 0.4) is 0 Å². The number of nitrogens with zero attached hydrogens (tertiary/aromatic N) is 2. The summed E-state index contributed by atoms with van der Waals surface area (Å²) in [6.07, 6.45) is 0.781. The number of ether oxygens (including phenoxy) is 1. The molecule has 80 valence electrons. The number of esters is 1. The third-order valence-electron chi connectivity index (χ3n) is 2.54. The normalized spacial score (nSPS) is 21.9. The number of carbonyl (C=O) groups is 2. The molecule has 1 atom stereocenters. The van der Waals surface area contributed by atoms with Crippen molar-refractivity contribution in [3.8, 4) is 0 Å². The molecule has 0 aliphatic carbocycles. The van der Waals surface area contributed by atoms with Crippen molar-refractivity contribution in [2.45, 2.75) is 12.5 Å². The highest BCUT2D eigenvalue weighted by Gasteiger charge is 2.32. The first kappa shape index (κ1) is 11.0. The molecule has 0 aromatic rings. The summed E-state index contributed by atoms with van der Waals surface area (Å²) in [5, 5.41) is 0. The van der Waals surface area contributed by atoms with E-state index in [9.17, 15) is 9.59 Å². The first-order valence-electron chi connectivity index (χ1n) is 4.58. The fourth-order valence-electron chi connectivity index (χ4n) is 1.59. The monoisotopic (exact) mass is 200 g/mol. The number of likely N-dealkylation sites (tertiary alicyclic amines) is 1. The summed E-state index contributed by atoms with van der Waals surface area (Å²) in [5.74, 6) is -0.230. The standard InChI is InChI=1S/C9H16N2O3/c1-10-5-4-7(9(10)13)11(2)6-8(12)14-3/h7H,4-6H2,1-3H3. The Labute approximate surface area is 83.6 Å². The molecule has 14 heavy (non-hydrogen) atoms. The van der Waals surface area contributed by atoms with Gasteiger partial charge >= 0.3 is 5.97 Å². The van der Waals surface area contributed by atoms with Crippen molar-refractivity contribution in [3.63, 3.8) is 0 Å². The van der Waals surface area contributed by atoms with E-state index < -0.39 is 0 Å². The van der Waals surface area contributed by atoms with Crippen LogP contribution in [-0.4, -0.2) is 62.0 Å². The second-order valence-corrected chi connectivity index (χ2v) is 3.56. The van der Waals surface area contributed by atoms with Gasteiger partial charge in [-0.3, -0.25) is 14.5 Å². The van der Waals surface area contributed by atoms with Crippen LogP contribution in [0.2, 0.25) is 0 Å². The maximum Gasteiger partial charge on any atom is 0.319 e. The lowest BCUT2D eigenvalue weighted by Gasteiger charge is -2.21. The Bertz CT molecular complexity index is 242. The molecule has 1 aliphatic rings. The largest absolute Gasteiger partial charge is 0.468 e. The average molecular weight is 200 g/mol. The number of rotatable bonds is 3. The van der Waals surface area contributed by atoms with Crippen molar-refractivity contribution in [2.75, 3.05) is 34.3 Å². The summed E-state index contributed by atoms with van der Waals surface area (Å²) in [4.78, 5) is 25.9. The lowest BCUT2D eigenvalue weighted by atomic mass is 10.2. The number of methoxy groups -OCH3 is 1. The first-order valence-corrected chi connectivity index (χ1v) is 4.58. The molecule has 5 heteroatoms. The van der Waals surface area contributed by atoms with Crippen LogP contribution in [0, 0.1) is 0 Å². The van der Waals surface area contributed by atoms with Crippen LogP contribution in [0.25, 0.3) is 0 Å². The molecule has 0 radical (unpaired) electrons. The quantitative estimate of drug-likeness (QED) is 0.566. The molecule has 1 heterocycles. The summed E-state index contributed by atoms with van der Waals surface area (Å²) in [6, 6.07) is -0.168. The molecule has 0 bridgehead atoms. The topological polar surface area (TPSA) is 49.9 Å². The molecule has 0 saturated carbocycles. The number of likely N-dealkylation sites (N-methyl/N-ethyl adjacent to an activating group) is 2. The van der Waals surface area contributed by atoms with Crippen molar-refractivity contribution >= 4 is 11.9 Å². The molecule has 1 aliphatic heterocycles. The lowest BCUT2D eigenvalue weighted by Crippen LogP contribution is -2.41. The zero-order valence-corrected chi connectivity index (χ0v) is 8.82. The number of hydrogen-bond donors (Lipinski definition) is 0. The van der Waals surface area contributed by atoms with Crippen LogP contribution in [0.15, 0.2) is 0 Å². The molecule has 1 rings (SSSR count). The lowest BCUT2D eigenvalue weighted by molar-refractivity contribution is -0.143. The van der Waals surface area contributed by atoms with E-state index in [2.05, 4.69) is 4.74 Å². The molecule has 1 amide bonds. The van der Waals surface area contributed by atoms with E-state index in [0.29, 0.717) is 0 Å². The van der Waals surface area contributed by atoms with Gasteiger partial charge < -0.3 is 9.64 Å². The van der Waals surface area contributed by atoms with Crippen LogP contribution in [0.1, 0.15) is 6.42 Å². The van der Waals surface area contributed by atoms with Gasteiger partial charge in [0.1, 0.15) is 0 Å². The Kier molecular flexibility index (Phi) is 3.46.